The predicted octanol–water partition coefficient (Wildman–Crippen LogP) is 2.86. The van der Waals surface area contributed by atoms with Gasteiger partial charge in [-0.15, -0.1) is 0 Å². The largest absolute Gasteiger partial charge is 0.463 e. The van der Waals surface area contributed by atoms with Gasteiger partial charge in [0, 0.05) is 10.8 Å². The van der Waals surface area contributed by atoms with E-state index in [2.05, 4.69) is 5.10 Å². The van der Waals surface area contributed by atoms with Crippen molar-refractivity contribution < 1.29 is 9.90 Å². The van der Waals surface area contributed by atoms with Gasteiger partial charge in [-0.25, -0.2) is 4.79 Å². The van der Waals surface area contributed by atoms with Crippen LogP contribution in [-0.4, -0.2) is 21.0 Å². The Morgan fingerprint density at radius 2 is 1.94 bits per heavy atom. The summed E-state index contributed by atoms with van der Waals surface area (Å²) in [7, 11) is 0. The summed E-state index contributed by atoms with van der Waals surface area (Å²) >= 11 is 0. The summed E-state index contributed by atoms with van der Waals surface area (Å²) in [5.41, 5.74) is 1.28. The van der Waals surface area contributed by atoms with Crippen LogP contribution in [-0.2, 0) is 5.41 Å². The van der Waals surface area contributed by atoms with Crippen molar-refractivity contribution in [2.75, 3.05) is 0 Å². The zero-order chi connectivity index (χ0) is 11.9. The van der Waals surface area contributed by atoms with E-state index >= 15 is 0 Å². The summed E-state index contributed by atoms with van der Waals surface area (Å²) in [5.74, 6) is 0. The smallest absolute Gasteiger partial charge is 0.432 e. The third-order valence-electron chi connectivity index (χ3n) is 2.48. The van der Waals surface area contributed by atoms with Gasteiger partial charge in [0.15, 0.2) is 0 Å². The molecule has 1 heterocycles. The number of nitrogens with zero attached hydrogens (tertiary/aromatic N) is 2. The molecule has 0 aliphatic carbocycles. The number of rotatable bonds is 0. The molecule has 0 spiro atoms. The van der Waals surface area contributed by atoms with Gasteiger partial charge in [0.2, 0.25) is 0 Å². The molecule has 0 saturated carbocycles. The lowest BCUT2D eigenvalue weighted by atomic mass is 9.90. The molecule has 0 saturated heterocycles. The minimum absolute atomic E-state index is 0.166. The zero-order valence-electron chi connectivity index (χ0n) is 9.56. The number of carboxylic acid groups (broad SMARTS) is 1. The average molecular weight is 218 g/mol. The number of hydrogen-bond donors (Lipinski definition) is 1. The molecule has 0 atom stereocenters. The maximum absolute atomic E-state index is 11.1. The van der Waals surface area contributed by atoms with Crippen molar-refractivity contribution in [3.8, 4) is 0 Å². The van der Waals surface area contributed by atoms with E-state index in [1.165, 1.54) is 0 Å². The molecular weight excluding hydrogens is 204 g/mol. The van der Waals surface area contributed by atoms with Gasteiger partial charge in [-0.2, -0.15) is 9.78 Å². The second kappa shape index (κ2) is 3.33. The van der Waals surface area contributed by atoms with Crippen molar-refractivity contribution in [1.82, 2.24) is 9.78 Å². The first-order chi connectivity index (χ1) is 7.41. The van der Waals surface area contributed by atoms with Crippen LogP contribution < -0.4 is 0 Å². The molecule has 0 unspecified atom stereocenters. The molecule has 1 N–H and O–H groups in total. The monoisotopic (exact) mass is 218 g/mol. The molecule has 2 aromatic rings. The van der Waals surface area contributed by atoms with Crippen LogP contribution in [0.4, 0.5) is 4.79 Å². The van der Waals surface area contributed by atoms with E-state index in [0.717, 1.165) is 15.8 Å². The fraction of sp³-hybridized carbons (Fsp3) is 0.333. The first kappa shape index (κ1) is 10.7. The summed E-state index contributed by atoms with van der Waals surface area (Å²) in [4.78, 5) is 11.1. The van der Waals surface area contributed by atoms with Gasteiger partial charge in [0.25, 0.3) is 0 Å². The van der Waals surface area contributed by atoms with E-state index in [0.29, 0.717) is 5.52 Å². The molecule has 2 rings (SSSR count). The number of fused-ring (bicyclic) bond motifs is 1. The van der Waals surface area contributed by atoms with Crippen molar-refractivity contribution in [3.05, 3.63) is 30.0 Å². The maximum atomic E-state index is 11.1. The highest BCUT2D eigenvalue weighted by atomic mass is 16.4. The highest BCUT2D eigenvalue weighted by molar-refractivity contribution is 5.89. The van der Waals surface area contributed by atoms with Crippen LogP contribution in [0.5, 0.6) is 0 Å². The Morgan fingerprint density at radius 1 is 1.31 bits per heavy atom. The lowest BCUT2D eigenvalue weighted by Crippen LogP contribution is -2.15. The summed E-state index contributed by atoms with van der Waals surface area (Å²) in [5, 5.41) is 14.1. The van der Waals surface area contributed by atoms with Crippen molar-refractivity contribution >= 4 is 17.0 Å². The Balaban J connectivity index is 2.82. The van der Waals surface area contributed by atoms with Gasteiger partial charge in [-0.3, -0.25) is 0 Å². The van der Waals surface area contributed by atoms with Crippen LogP contribution in [0.2, 0.25) is 0 Å². The summed E-state index contributed by atoms with van der Waals surface area (Å²) < 4.78 is 1.04. The lowest BCUT2D eigenvalue weighted by molar-refractivity contribution is 0.193. The summed E-state index contributed by atoms with van der Waals surface area (Å²) in [6.07, 6.45) is -1.05. The van der Waals surface area contributed by atoms with Gasteiger partial charge in [-0.1, -0.05) is 39.0 Å². The molecule has 0 aliphatic heterocycles. The average Bonchev–Trinajstić information content (AvgIpc) is 2.56. The molecule has 1 aromatic heterocycles. The molecule has 0 aliphatic rings. The highest BCUT2D eigenvalue weighted by Crippen LogP contribution is 2.28. The quantitative estimate of drug-likeness (QED) is 0.739. The van der Waals surface area contributed by atoms with Gasteiger partial charge in [-0.05, 0) is 6.07 Å². The summed E-state index contributed by atoms with van der Waals surface area (Å²) in [6.45, 7) is 6.07. The van der Waals surface area contributed by atoms with E-state index in [9.17, 15) is 4.79 Å². The molecule has 4 nitrogen and oxygen atoms in total. The van der Waals surface area contributed by atoms with E-state index in [-0.39, 0.29) is 5.41 Å². The third-order valence-corrected chi connectivity index (χ3v) is 2.48. The van der Waals surface area contributed by atoms with Crippen molar-refractivity contribution in [2.24, 2.45) is 0 Å². The van der Waals surface area contributed by atoms with Crippen LogP contribution in [0.3, 0.4) is 0 Å². The second-order valence-electron chi connectivity index (χ2n) is 4.81. The van der Waals surface area contributed by atoms with Crippen molar-refractivity contribution in [1.29, 1.82) is 0 Å². The second-order valence-corrected chi connectivity index (χ2v) is 4.81. The van der Waals surface area contributed by atoms with E-state index < -0.39 is 6.09 Å². The van der Waals surface area contributed by atoms with Crippen molar-refractivity contribution in [3.63, 3.8) is 0 Å². The molecule has 0 bridgehead atoms. The van der Waals surface area contributed by atoms with E-state index in [1.54, 1.807) is 6.07 Å². The minimum atomic E-state index is -1.05. The number of carbonyl (C=O) groups is 1. The zero-order valence-corrected chi connectivity index (χ0v) is 9.56. The molecule has 0 fully saturated rings. The topological polar surface area (TPSA) is 55.1 Å². The molecule has 0 amide bonds. The minimum Gasteiger partial charge on any atom is -0.463 e. The molecule has 0 radical (unpaired) electrons. The van der Waals surface area contributed by atoms with Crippen LogP contribution in [0.1, 0.15) is 26.5 Å². The molecule has 4 heteroatoms. The maximum Gasteiger partial charge on any atom is 0.432 e. The SMILES string of the molecule is CC(C)(C)c1nn(C(=O)O)c2ccccc12. The Labute approximate surface area is 93.5 Å². The van der Waals surface area contributed by atoms with E-state index in [4.69, 9.17) is 5.11 Å². The lowest BCUT2D eigenvalue weighted by Gasteiger charge is -2.15. The predicted molar refractivity (Wildman–Crippen MR) is 61.9 cm³/mol. The highest BCUT2D eigenvalue weighted by Gasteiger charge is 2.23. The number of aromatic nitrogens is 2. The molecular formula is C12H14N2O2. The van der Waals surface area contributed by atoms with E-state index in [1.807, 2.05) is 39.0 Å². The first-order valence-electron chi connectivity index (χ1n) is 5.13. The number of para-hydroxylation sites is 1. The normalized spacial score (nSPS) is 11.9. The fourth-order valence-corrected chi connectivity index (χ4v) is 1.77. The van der Waals surface area contributed by atoms with Crippen LogP contribution in [0, 0.1) is 0 Å². The fourth-order valence-electron chi connectivity index (χ4n) is 1.77. The Hall–Kier alpha value is -1.84. The van der Waals surface area contributed by atoms with Gasteiger partial charge in [0.05, 0.1) is 11.2 Å². The number of hydrogen-bond acceptors (Lipinski definition) is 2. The van der Waals surface area contributed by atoms with Crippen LogP contribution in [0.25, 0.3) is 10.9 Å². The molecule has 84 valence electrons. The summed E-state index contributed by atoms with van der Waals surface area (Å²) in [6, 6.07) is 7.38. The van der Waals surface area contributed by atoms with Gasteiger partial charge in [0.1, 0.15) is 0 Å². The molecule has 1 aromatic carbocycles. The van der Waals surface area contributed by atoms with Crippen LogP contribution >= 0.6 is 0 Å². The number of benzene rings is 1. The Morgan fingerprint density at radius 3 is 2.50 bits per heavy atom. The third kappa shape index (κ3) is 1.56. The van der Waals surface area contributed by atoms with Crippen LogP contribution in [0.15, 0.2) is 24.3 Å². The van der Waals surface area contributed by atoms with Crippen molar-refractivity contribution in [2.45, 2.75) is 26.2 Å². The van der Waals surface area contributed by atoms with Gasteiger partial charge < -0.3 is 5.11 Å². The Bertz CT molecular complexity index is 550. The Kier molecular flexibility index (Phi) is 2.22. The molecule has 16 heavy (non-hydrogen) atoms. The standard InChI is InChI=1S/C12H14N2O2/c1-12(2,3)10-8-6-4-5-7-9(8)14(13-10)11(15)16/h4-7H,1-3H3,(H,15,16). The van der Waals surface area contributed by atoms with Gasteiger partial charge >= 0.3 is 6.09 Å². The first-order valence-corrected chi connectivity index (χ1v) is 5.13.